The predicted molar refractivity (Wildman–Crippen MR) is 93.2 cm³/mol. The van der Waals surface area contributed by atoms with E-state index in [-0.39, 0.29) is 11.9 Å². The zero-order valence-corrected chi connectivity index (χ0v) is 14.7. The van der Waals surface area contributed by atoms with E-state index >= 15 is 0 Å². The molecule has 6 heteroatoms. The Hall–Kier alpha value is -2.26. The molecule has 1 unspecified atom stereocenters. The molecule has 3 rings (SSSR count). The Labute approximate surface area is 136 Å². The second-order valence-electron chi connectivity index (χ2n) is 6.55. The van der Waals surface area contributed by atoms with Crippen molar-refractivity contribution >= 4 is 25.0 Å². The molecule has 1 aliphatic rings. The SMILES string of the molecule is COc1ccc2cc(C(=O)NC3C#C[Si](C)(C)CCC3)[nH]c2n1. The van der Waals surface area contributed by atoms with Gasteiger partial charge in [-0.05, 0) is 24.6 Å². The minimum absolute atomic E-state index is 0.0642. The third-order valence-corrected chi connectivity index (χ3v) is 6.52. The molecule has 1 amide bonds. The van der Waals surface area contributed by atoms with Crippen molar-refractivity contribution in [3.63, 3.8) is 0 Å². The zero-order chi connectivity index (χ0) is 16.4. The van der Waals surface area contributed by atoms with E-state index < -0.39 is 8.07 Å². The molecular weight excluding hydrogens is 306 g/mol. The first kappa shape index (κ1) is 15.6. The first-order chi connectivity index (χ1) is 11.0. The maximum atomic E-state index is 12.5. The van der Waals surface area contributed by atoms with Crippen LogP contribution in [0.5, 0.6) is 5.88 Å². The summed E-state index contributed by atoms with van der Waals surface area (Å²) in [6.45, 7) is 4.56. The molecule has 0 aliphatic carbocycles. The van der Waals surface area contributed by atoms with E-state index in [2.05, 4.69) is 39.8 Å². The number of nitrogens with zero attached hydrogens (tertiary/aromatic N) is 1. The van der Waals surface area contributed by atoms with Gasteiger partial charge in [0.2, 0.25) is 5.88 Å². The van der Waals surface area contributed by atoms with E-state index in [0.717, 1.165) is 18.2 Å². The molecule has 5 nitrogen and oxygen atoms in total. The normalized spacial score (nSPS) is 19.5. The van der Waals surface area contributed by atoms with Crippen molar-refractivity contribution in [2.75, 3.05) is 7.11 Å². The molecule has 3 heterocycles. The summed E-state index contributed by atoms with van der Waals surface area (Å²) in [6.07, 6.45) is 2.02. The molecule has 0 saturated carbocycles. The van der Waals surface area contributed by atoms with Crippen LogP contribution in [0.2, 0.25) is 19.1 Å². The lowest BCUT2D eigenvalue weighted by Gasteiger charge is -2.12. The number of carbonyl (C=O) groups is 1. The van der Waals surface area contributed by atoms with Gasteiger partial charge in [0, 0.05) is 11.5 Å². The van der Waals surface area contributed by atoms with Gasteiger partial charge in [0.1, 0.15) is 19.4 Å². The Morgan fingerprint density at radius 2 is 2.30 bits per heavy atom. The molecule has 0 aromatic carbocycles. The fourth-order valence-corrected chi connectivity index (χ4v) is 4.51. The molecule has 0 bridgehead atoms. The van der Waals surface area contributed by atoms with E-state index in [0.29, 0.717) is 17.2 Å². The first-order valence-corrected chi connectivity index (χ1v) is 11.0. The van der Waals surface area contributed by atoms with Crippen LogP contribution in [0.15, 0.2) is 18.2 Å². The molecule has 2 aromatic heterocycles. The lowest BCUT2D eigenvalue weighted by Crippen LogP contribution is -2.33. The third kappa shape index (κ3) is 3.56. The van der Waals surface area contributed by atoms with Gasteiger partial charge in [-0.15, -0.1) is 5.54 Å². The Balaban J connectivity index is 1.77. The fraction of sp³-hybridized carbons (Fsp3) is 0.412. The second kappa shape index (κ2) is 6.09. The molecular formula is C17H21N3O2Si. The number of hydrogen-bond donors (Lipinski definition) is 2. The Morgan fingerprint density at radius 3 is 3.09 bits per heavy atom. The molecule has 2 N–H and O–H groups in total. The molecule has 120 valence electrons. The Morgan fingerprint density at radius 1 is 1.48 bits per heavy atom. The van der Waals surface area contributed by atoms with Gasteiger partial charge in [-0.2, -0.15) is 4.98 Å². The zero-order valence-electron chi connectivity index (χ0n) is 13.7. The number of ether oxygens (including phenoxy) is 1. The fourth-order valence-electron chi connectivity index (χ4n) is 2.73. The van der Waals surface area contributed by atoms with Crippen LogP contribution < -0.4 is 10.1 Å². The van der Waals surface area contributed by atoms with Gasteiger partial charge >= 0.3 is 0 Å². The summed E-state index contributed by atoms with van der Waals surface area (Å²) < 4.78 is 5.10. The number of rotatable bonds is 3. The smallest absolute Gasteiger partial charge is 0.268 e. The van der Waals surface area contributed by atoms with E-state index in [4.69, 9.17) is 4.74 Å². The number of H-pyrrole nitrogens is 1. The summed E-state index contributed by atoms with van der Waals surface area (Å²) in [6, 6.07) is 6.60. The molecule has 23 heavy (non-hydrogen) atoms. The van der Waals surface area contributed by atoms with Gasteiger partial charge in [-0.3, -0.25) is 4.79 Å². The summed E-state index contributed by atoms with van der Waals surface area (Å²) in [5, 5.41) is 3.91. The number of hydrogen-bond acceptors (Lipinski definition) is 3. The number of amides is 1. The van der Waals surface area contributed by atoms with Crippen molar-refractivity contribution < 1.29 is 9.53 Å². The van der Waals surface area contributed by atoms with Crippen LogP contribution in [0.3, 0.4) is 0 Å². The number of aromatic nitrogens is 2. The van der Waals surface area contributed by atoms with E-state index in [9.17, 15) is 4.79 Å². The van der Waals surface area contributed by atoms with Crippen LogP contribution in [-0.2, 0) is 0 Å². The Bertz CT molecular complexity index is 801. The third-order valence-electron chi connectivity index (χ3n) is 4.09. The average Bonchev–Trinajstić information content (AvgIpc) is 2.87. The summed E-state index contributed by atoms with van der Waals surface area (Å²) in [5.74, 6) is 3.64. The first-order valence-electron chi connectivity index (χ1n) is 7.84. The van der Waals surface area contributed by atoms with Crippen LogP contribution in [-0.4, -0.2) is 37.1 Å². The Kier molecular flexibility index (Phi) is 4.14. The van der Waals surface area contributed by atoms with Crippen LogP contribution in [0, 0.1) is 11.5 Å². The molecule has 0 fully saturated rings. The van der Waals surface area contributed by atoms with Crippen LogP contribution >= 0.6 is 0 Å². The van der Waals surface area contributed by atoms with Gasteiger partial charge in [0.15, 0.2) is 0 Å². The second-order valence-corrected chi connectivity index (χ2v) is 11.1. The van der Waals surface area contributed by atoms with E-state index in [1.54, 1.807) is 19.2 Å². The minimum atomic E-state index is -1.39. The molecule has 1 aliphatic heterocycles. The molecule has 0 saturated heterocycles. The summed E-state index contributed by atoms with van der Waals surface area (Å²) >= 11 is 0. The van der Waals surface area contributed by atoms with Crippen molar-refractivity contribution in [2.45, 2.75) is 38.0 Å². The number of fused-ring (bicyclic) bond motifs is 1. The van der Waals surface area contributed by atoms with Crippen molar-refractivity contribution in [3.8, 4) is 17.3 Å². The van der Waals surface area contributed by atoms with Crippen molar-refractivity contribution in [2.24, 2.45) is 0 Å². The highest BCUT2D eigenvalue weighted by Crippen LogP contribution is 2.19. The highest BCUT2D eigenvalue weighted by molar-refractivity contribution is 6.85. The number of methoxy groups -OCH3 is 1. The quantitative estimate of drug-likeness (QED) is 0.673. The van der Waals surface area contributed by atoms with Gasteiger partial charge in [-0.25, -0.2) is 0 Å². The number of nitrogens with one attached hydrogen (secondary N) is 2. The summed E-state index contributed by atoms with van der Waals surface area (Å²) in [4.78, 5) is 19.8. The minimum Gasteiger partial charge on any atom is -0.481 e. The monoisotopic (exact) mass is 327 g/mol. The topological polar surface area (TPSA) is 67.0 Å². The lowest BCUT2D eigenvalue weighted by atomic mass is 10.2. The maximum Gasteiger partial charge on any atom is 0.268 e. The van der Waals surface area contributed by atoms with E-state index in [1.807, 2.05) is 6.07 Å². The number of pyridine rings is 1. The van der Waals surface area contributed by atoms with Gasteiger partial charge in [0.25, 0.3) is 5.91 Å². The molecule has 1 atom stereocenters. The highest BCUT2D eigenvalue weighted by atomic mass is 28.3. The van der Waals surface area contributed by atoms with Gasteiger partial charge < -0.3 is 15.0 Å². The number of aromatic amines is 1. The van der Waals surface area contributed by atoms with Crippen LogP contribution in [0.1, 0.15) is 23.3 Å². The van der Waals surface area contributed by atoms with Crippen molar-refractivity contribution in [1.82, 2.24) is 15.3 Å². The highest BCUT2D eigenvalue weighted by Gasteiger charge is 2.22. The standard InChI is InChI=1S/C17H21N3O2Si/c1-22-15-7-6-12-11-14(19-16(12)20-15)17(21)18-13-5-4-9-23(2,3)10-8-13/h6-7,11,13H,4-5,9H2,1-3H3,(H,18,21)(H,19,20). The molecule has 2 aromatic rings. The maximum absolute atomic E-state index is 12.5. The summed E-state index contributed by atoms with van der Waals surface area (Å²) in [5.41, 5.74) is 4.56. The van der Waals surface area contributed by atoms with Crippen LogP contribution in [0.25, 0.3) is 11.0 Å². The molecule has 0 spiro atoms. The average molecular weight is 327 g/mol. The lowest BCUT2D eigenvalue weighted by molar-refractivity contribution is 0.0940. The van der Waals surface area contributed by atoms with Crippen LogP contribution in [0.4, 0.5) is 0 Å². The van der Waals surface area contributed by atoms with Crippen molar-refractivity contribution in [1.29, 1.82) is 0 Å². The molecule has 0 radical (unpaired) electrons. The van der Waals surface area contributed by atoms with Gasteiger partial charge in [0.05, 0.1) is 13.2 Å². The summed E-state index contributed by atoms with van der Waals surface area (Å²) in [7, 11) is 0.176. The largest absolute Gasteiger partial charge is 0.481 e. The van der Waals surface area contributed by atoms with E-state index in [1.165, 1.54) is 6.04 Å². The van der Waals surface area contributed by atoms with Gasteiger partial charge in [-0.1, -0.05) is 25.4 Å². The number of carbonyl (C=O) groups excluding carboxylic acids is 1. The van der Waals surface area contributed by atoms with Crippen molar-refractivity contribution in [3.05, 3.63) is 23.9 Å². The predicted octanol–water partition coefficient (Wildman–Crippen LogP) is 2.71.